The Morgan fingerprint density at radius 3 is 2.35 bits per heavy atom. The summed E-state index contributed by atoms with van der Waals surface area (Å²) in [5.41, 5.74) is 3.47. The van der Waals surface area contributed by atoms with Crippen LogP contribution in [0.2, 0.25) is 0 Å². The highest BCUT2D eigenvalue weighted by Crippen LogP contribution is 2.31. The standard InChI is InChI=1S/C16H19NO.C2H6/c1-2-13(10-12-18)14-7-3-4-8-15(14)16-9-5-6-11-17-16;1-2/h3-9,11,13,18H,2,10,12H2,1H3;1-2H3. The van der Waals surface area contributed by atoms with Gasteiger partial charge >= 0.3 is 0 Å². The van der Waals surface area contributed by atoms with Crippen LogP contribution < -0.4 is 0 Å². The van der Waals surface area contributed by atoms with Crippen molar-refractivity contribution in [3.05, 3.63) is 54.2 Å². The van der Waals surface area contributed by atoms with Gasteiger partial charge in [-0.25, -0.2) is 0 Å². The van der Waals surface area contributed by atoms with Crippen molar-refractivity contribution in [1.29, 1.82) is 0 Å². The molecule has 108 valence electrons. The average molecular weight is 271 g/mol. The molecule has 1 N–H and O–H groups in total. The van der Waals surface area contributed by atoms with Gasteiger partial charge in [0, 0.05) is 18.4 Å². The minimum atomic E-state index is 0.231. The fraction of sp³-hybridized carbons (Fsp3) is 0.389. The predicted molar refractivity (Wildman–Crippen MR) is 85.8 cm³/mol. The molecule has 2 nitrogen and oxygen atoms in total. The quantitative estimate of drug-likeness (QED) is 0.858. The summed E-state index contributed by atoms with van der Waals surface area (Å²) >= 11 is 0. The lowest BCUT2D eigenvalue weighted by Gasteiger charge is -2.17. The molecule has 0 aliphatic rings. The van der Waals surface area contributed by atoms with Crippen LogP contribution in [0, 0.1) is 0 Å². The molecule has 1 aromatic carbocycles. The minimum Gasteiger partial charge on any atom is -0.396 e. The van der Waals surface area contributed by atoms with Crippen LogP contribution in [0.15, 0.2) is 48.7 Å². The Hall–Kier alpha value is -1.67. The Bertz CT molecular complexity index is 482. The first-order chi connectivity index (χ1) is 9.86. The summed E-state index contributed by atoms with van der Waals surface area (Å²) in [6, 6.07) is 14.3. The van der Waals surface area contributed by atoms with Crippen LogP contribution in [-0.4, -0.2) is 16.7 Å². The number of hydrogen-bond acceptors (Lipinski definition) is 2. The monoisotopic (exact) mass is 271 g/mol. The molecule has 0 aliphatic heterocycles. The number of rotatable bonds is 5. The summed E-state index contributed by atoms with van der Waals surface area (Å²) in [5.74, 6) is 0.396. The van der Waals surface area contributed by atoms with Crippen molar-refractivity contribution in [2.75, 3.05) is 6.61 Å². The molecule has 0 fully saturated rings. The molecule has 0 bridgehead atoms. The van der Waals surface area contributed by atoms with Crippen molar-refractivity contribution < 1.29 is 5.11 Å². The SMILES string of the molecule is CC.CCC(CCO)c1ccccc1-c1ccccn1. The highest BCUT2D eigenvalue weighted by atomic mass is 16.3. The third kappa shape index (κ3) is 4.17. The molecular formula is C18H25NO. The smallest absolute Gasteiger partial charge is 0.0704 e. The van der Waals surface area contributed by atoms with Gasteiger partial charge in [-0.1, -0.05) is 51.1 Å². The van der Waals surface area contributed by atoms with Crippen LogP contribution in [0.3, 0.4) is 0 Å². The summed E-state index contributed by atoms with van der Waals surface area (Å²) < 4.78 is 0. The number of pyridine rings is 1. The Morgan fingerprint density at radius 2 is 1.75 bits per heavy atom. The molecule has 0 radical (unpaired) electrons. The van der Waals surface area contributed by atoms with E-state index in [9.17, 15) is 5.11 Å². The lowest BCUT2D eigenvalue weighted by Crippen LogP contribution is -2.02. The van der Waals surface area contributed by atoms with Gasteiger partial charge in [-0.15, -0.1) is 0 Å². The van der Waals surface area contributed by atoms with Gasteiger partial charge in [0.15, 0.2) is 0 Å². The van der Waals surface area contributed by atoms with E-state index in [-0.39, 0.29) is 6.61 Å². The lowest BCUT2D eigenvalue weighted by molar-refractivity contribution is 0.274. The zero-order valence-electron chi connectivity index (χ0n) is 12.7. The van der Waals surface area contributed by atoms with Gasteiger partial charge in [-0.2, -0.15) is 0 Å². The van der Waals surface area contributed by atoms with Gasteiger partial charge < -0.3 is 5.11 Å². The van der Waals surface area contributed by atoms with E-state index in [0.717, 1.165) is 18.5 Å². The van der Waals surface area contributed by atoms with Crippen molar-refractivity contribution in [3.63, 3.8) is 0 Å². The Morgan fingerprint density at radius 1 is 1.05 bits per heavy atom. The normalized spacial score (nSPS) is 11.4. The Balaban J connectivity index is 0.000000956. The first-order valence-corrected chi connectivity index (χ1v) is 7.48. The minimum absolute atomic E-state index is 0.231. The van der Waals surface area contributed by atoms with E-state index in [1.165, 1.54) is 11.1 Å². The second-order valence-corrected chi connectivity index (χ2v) is 4.42. The molecule has 1 unspecified atom stereocenters. The number of aliphatic hydroxyl groups excluding tert-OH is 1. The van der Waals surface area contributed by atoms with Crippen molar-refractivity contribution in [3.8, 4) is 11.3 Å². The first kappa shape index (κ1) is 16.4. The van der Waals surface area contributed by atoms with Crippen LogP contribution in [0.1, 0.15) is 45.1 Å². The third-order valence-corrected chi connectivity index (χ3v) is 3.31. The molecule has 20 heavy (non-hydrogen) atoms. The molecule has 0 saturated heterocycles. The van der Waals surface area contributed by atoms with E-state index in [1.54, 1.807) is 0 Å². The number of nitrogens with zero attached hydrogens (tertiary/aromatic N) is 1. The zero-order valence-corrected chi connectivity index (χ0v) is 12.7. The maximum absolute atomic E-state index is 9.17. The fourth-order valence-electron chi connectivity index (χ4n) is 2.34. The summed E-state index contributed by atoms with van der Waals surface area (Å²) in [5, 5.41) is 9.17. The summed E-state index contributed by atoms with van der Waals surface area (Å²) in [7, 11) is 0. The van der Waals surface area contributed by atoms with Crippen LogP contribution in [-0.2, 0) is 0 Å². The molecule has 0 spiro atoms. The van der Waals surface area contributed by atoms with Crippen LogP contribution in [0.4, 0.5) is 0 Å². The number of aliphatic hydroxyl groups is 1. The van der Waals surface area contributed by atoms with Crippen molar-refractivity contribution >= 4 is 0 Å². The number of benzene rings is 1. The largest absolute Gasteiger partial charge is 0.396 e. The van der Waals surface area contributed by atoms with Gasteiger partial charge in [-0.3, -0.25) is 4.98 Å². The van der Waals surface area contributed by atoms with E-state index in [0.29, 0.717) is 5.92 Å². The molecule has 2 heteroatoms. The predicted octanol–water partition coefficient (Wildman–Crippen LogP) is 4.65. The van der Waals surface area contributed by atoms with Crippen LogP contribution in [0.25, 0.3) is 11.3 Å². The van der Waals surface area contributed by atoms with Gasteiger partial charge in [0.1, 0.15) is 0 Å². The molecule has 1 aromatic heterocycles. The van der Waals surface area contributed by atoms with Gasteiger partial charge in [0.25, 0.3) is 0 Å². The summed E-state index contributed by atoms with van der Waals surface area (Å²) in [6.45, 7) is 6.39. The highest BCUT2D eigenvalue weighted by Gasteiger charge is 2.14. The average Bonchev–Trinajstić information content (AvgIpc) is 2.55. The molecule has 1 atom stereocenters. The molecular weight excluding hydrogens is 246 g/mol. The van der Waals surface area contributed by atoms with Gasteiger partial charge in [0.05, 0.1) is 5.69 Å². The molecule has 2 rings (SSSR count). The fourth-order valence-corrected chi connectivity index (χ4v) is 2.34. The van der Waals surface area contributed by atoms with Crippen molar-refractivity contribution in [2.24, 2.45) is 0 Å². The van der Waals surface area contributed by atoms with Crippen molar-refractivity contribution in [2.45, 2.75) is 39.5 Å². The maximum atomic E-state index is 9.17. The van der Waals surface area contributed by atoms with Crippen LogP contribution in [0.5, 0.6) is 0 Å². The van der Waals surface area contributed by atoms with Gasteiger partial charge in [-0.05, 0) is 36.5 Å². The third-order valence-electron chi connectivity index (χ3n) is 3.31. The molecule has 0 amide bonds. The molecule has 1 heterocycles. The Kier molecular flexibility index (Phi) is 7.59. The molecule has 0 saturated carbocycles. The van der Waals surface area contributed by atoms with E-state index in [1.807, 2.05) is 44.3 Å². The van der Waals surface area contributed by atoms with Gasteiger partial charge in [0.2, 0.25) is 0 Å². The zero-order chi connectivity index (χ0) is 14.8. The lowest BCUT2D eigenvalue weighted by atomic mass is 9.88. The molecule has 2 aromatic rings. The van der Waals surface area contributed by atoms with E-state index >= 15 is 0 Å². The second-order valence-electron chi connectivity index (χ2n) is 4.42. The second kappa shape index (κ2) is 9.27. The summed E-state index contributed by atoms with van der Waals surface area (Å²) in [4.78, 5) is 4.42. The van der Waals surface area contributed by atoms with E-state index < -0.39 is 0 Å². The number of hydrogen-bond donors (Lipinski definition) is 1. The Labute approximate surface area is 122 Å². The van der Waals surface area contributed by atoms with Crippen LogP contribution >= 0.6 is 0 Å². The highest BCUT2D eigenvalue weighted by molar-refractivity contribution is 5.64. The molecule has 0 aliphatic carbocycles. The number of aromatic nitrogens is 1. The summed E-state index contributed by atoms with van der Waals surface area (Å²) in [6.07, 6.45) is 3.66. The first-order valence-electron chi connectivity index (χ1n) is 7.48. The maximum Gasteiger partial charge on any atom is 0.0704 e. The topological polar surface area (TPSA) is 33.1 Å². The van der Waals surface area contributed by atoms with E-state index in [4.69, 9.17) is 0 Å². The van der Waals surface area contributed by atoms with E-state index in [2.05, 4.69) is 30.1 Å². The van der Waals surface area contributed by atoms with Crippen molar-refractivity contribution in [1.82, 2.24) is 4.98 Å².